The number of thiazole rings is 1. The molecule has 1 amide bonds. The summed E-state index contributed by atoms with van der Waals surface area (Å²) in [5.41, 5.74) is 1.05. The highest BCUT2D eigenvalue weighted by atomic mass is 32.1. The lowest BCUT2D eigenvalue weighted by Crippen LogP contribution is -2.58. The fourth-order valence-corrected chi connectivity index (χ4v) is 5.46. The molecule has 4 rings (SSSR count). The number of likely N-dealkylation sites (tertiary alicyclic amines) is 1. The molecule has 0 bridgehead atoms. The van der Waals surface area contributed by atoms with Gasteiger partial charge in [0.05, 0.1) is 12.2 Å². The number of aromatic nitrogens is 1. The molecule has 0 unspecified atom stereocenters. The Morgan fingerprint density at radius 1 is 1.17 bits per heavy atom. The molecule has 2 heterocycles. The number of hydrogen-bond donors (Lipinski definition) is 2. The zero-order valence-corrected chi connectivity index (χ0v) is 21.4. The Labute approximate surface area is 212 Å². The second-order valence-corrected chi connectivity index (χ2v) is 10.5. The van der Waals surface area contributed by atoms with Crippen LogP contribution in [0.1, 0.15) is 43.9 Å². The lowest BCUT2D eigenvalue weighted by atomic mass is 9.83. The van der Waals surface area contributed by atoms with Gasteiger partial charge in [0.25, 0.3) is 0 Å². The molecule has 1 aromatic heterocycles. The number of piperidine rings is 1. The third-order valence-corrected chi connectivity index (χ3v) is 7.46. The number of para-hydroxylation sites is 1. The van der Waals surface area contributed by atoms with Crippen molar-refractivity contribution in [2.24, 2.45) is 0 Å². The first-order chi connectivity index (χ1) is 17.0. The Bertz CT molecular complexity index is 1090. The van der Waals surface area contributed by atoms with Gasteiger partial charge in [-0.2, -0.15) is 0 Å². The highest BCUT2D eigenvalue weighted by Gasteiger charge is 2.43. The van der Waals surface area contributed by atoms with E-state index in [9.17, 15) is 9.90 Å². The van der Waals surface area contributed by atoms with E-state index >= 15 is 0 Å². The van der Waals surface area contributed by atoms with Gasteiger partial charge in [-0.1, -0.05) is 74.7 Å². The number of nitrogens with one attached hydrogen (secondary N) is 1. The summed E-state index contributed by atoms with van der Waals surface area (Å²) < 4.78 is 6.27. The minimum absolute atomic E-state index is 0.103. The van der Waals surface area contributed by atoms with Gasteiger partial charge in [-0.05, 0) is 31.9 Å². The quantitative estimate of drug-likeness (QED) is 0.364. The molecule has 1 fully saturated rings. The van der Waals surface area contributed by atoms with Crippen LogP contribution in [-0.2, 0) is 4.79 Å². The van der Waals surface area contributed by atoms with Crippen LogP contribution in [0.3, 0.4) is 0 Å². The van der Waals surface area contributed by atoms with Gasteiger partial charge < -0.3 is 15.2 Å². The van der Waals surface area contributed by atoms with E-state index in [0.717, 1.165) is 41.1 Å². The first-order valence-electron chi connectivity index (χ1n) is 12.5. The summed E-state index contributed by atoms with van der Waals surface area (Å²) in [4.78, 5) is 20.7. The first kappa shape index (κ1) is 25.4. The summed E-state index contributed by atoms with van der Waals surface area (Å²) in [6.45, 7) is 5.56. The van der Waals surface area contributed by atoms with Gasteiger partial charge in [-0.3, -0.25) is 9.69 Å². The maximum absolute atomic E-state index is 12.9. The number of carbonyl (C=O) groups excluding carboxylic acids is 1. The average molecular weight is 494 g/mol. The number of nitrogens with zero attached hydrogens (tertiary/aromatic N) is 2. The van der Waals surface area contributed by atoms with Crippen LogP contribution in [0.5, 0.6) is 5.75 Å². The van der Waals surface area contributed by atoms with Crippen molar-refractivity contribution in [2.75, 3.05) is 25.0 Å². The summed E-state index contributed by atoms with van der Waals surface area (Å²) in [7, 11) is 0. The number of aryl methyl sites for hydroxylation is 1. The molecule has 35 heavy (non-hydrogen) atoms. The minimum Gasteiger partial charge on any atom is -0.486 e. The predicted octanol–water partition coefficient (Wildman–Crippen LogP) is 5.52. The number of anilines is 1. The van der Waals surface area contributed by atoms with Crippen molar-refractivity contribution < 1.29 is 14.6 Å². The van der Waals surface area contributed by atoms with Crippen molar-refractivity contribution in [1.29, 1.82) is 0 Å². The van der Waals surface area contributed by atoms with Gasteiger partial charge in [0.1, 0.15) is 17.5 Å². The van der Waals surface area contributed by atoms with Crippen LogP contribution in [0, 0.1) is 6.92 Å². The monoisotopic (exact) mass is 493 g/mol. The largest absolute Gasteiger partial charge is 0.486 e. The highest BCUT2D eigenvalue weighted by molar-refractivity contribution is 7.16. The molecule has 0 radical (unpaired) electrons. The molecule has 0 spiro atoms. The molecule has 2 atom stereocenters. The fourth-order valence-electron chi connectivity index (χ4n) is 4.61. The number of carbonyl (C=O) groups is 1. The van der Waals surface area contributed by atoms with Crippen molar-refractivity contribution >= 4 is 22.4 Å². The van der Waals surface area contributed by atoms with Crippen molar-refractivity contribution in [1.82, 2.24) is 9.88 Å². The molecular formula is C28H35N3O3S. The van der Waals surface area contributed by atoms with Crippen LogP contribution in [0.25, 0.3) is 11.3 Å². The van der Waals surface area contributed by atoms with E-state index in [0.29, 0.717) is 31.1 Å². The molecular weight excluding hydrogens is 458 g/mol. The van der Waals surface area contributed by atoms with Crippen LogP contribution in [0.15, 0.2) is 60.7 Å². The number of unbranched alkanes of at least 4 members (excludes halogenated alkanes) is 2. The summed E-state index contributed by atoms with van der Waals surface area (Å²) in [6.07, 6.45) is 4.05. The molecule has 1 aliphatic heterocycles. The van der Waals surface area contributed by atoms with Gasteiger partial charge in [-0.25, -0.2) is 4.98 Å². The van der Waals surface area contributed by atoms with E-state index in [2.05, 4.69) is 22.1 Å². The average Bonchev–Trinajstić information content (AvgIpc) is 3.22. The molecule has 2 aromatic carbocycles. The summed E-state index contributed by atoms with van der Waals surface area (Å²) >= 11 is 1.49. The smallest absolute Gasteiger partial charge is 0.240 e. The molecule has 6 nitrogen and oxygen atoms in total. The summed E-state index contributed by atoms with van der Waals surface area (Å²) in [5, 5.41) is 15.1. The molecule has 1 aliphatic rings. The Balaban J connectivity index is 1.39. The molecule has 1 saturated heterocycles. The third kappa shape index (κ3) is 6.69. The maximum Gasteiger partial charge on any atom is 0.240 e. The number of rotatable bonds is 10. The van der Waals surface area contributed by atoms with Gasteiger partial charge in [0.2, 0.25) is 5.91 Å². The van der Waals surface area contributed by atoms with Crippen LogP contribution >= 0.6 is 11.3 Å². The van der Waals surface area contributed by atoms with Crippen LogP contribution in [0.2, 0.25) is 0 Å². The van der Waals surface area contributed by atoms with E-state index in [1.54, 1.807) is 0 Å². The van der Waals surface area contributed by atoms with Crippen LogP contribution in [0.4, 0.5) is 5.13 Å². The molecule has 186 valence electrons. The van der Waals surface area contributed by atoms with Crippen molar-refractivity contribution in [3.8, 4) is 17.0 Å². The number of amides is 1. The molecule has 0 saturated carbocycles. The SMILES string of the molecule is CCCCC[C@]1(O)CCN(CC(=O)Nc2nc(-c3ccccc3)c(C)s2)C[C@@H]1Oc1ccccc1. The Morgan fingerprint density at radius 2 is 1.89 bits per heavy atom. The number of ether oxygens (including phenoxy) is 1. The second-order valence-electron chi connectivity index (χ2n) is 9.30. The third-order valence-electron chi connectivity index (χ3n) is 6.58. The Hall–Kier alpha value is -2.74. The molecule has 7 heteroatoms. The lowest BCUT2D eigenvalue weighted by molar-refractivity contribution is -0.127. The van der Waals surface area contributed by atoms with Gasteiger partial charge in [-0.15, -0.1) is 11.3 Å². The van der Waals surface area contributed by atoms with E-state index in [1.807, 2.05) is 67.6 Å². The first-order valence-corrected chi connectivity index (χ1v) is 13.3. The minimum atomic E-state index is -0.894. The van der Waals surface area contributed by atoms with Gasteiger partial charge >= 0.3 is 0 Å². The maximum atomic E-state index is 12.9. The van der Waals surface area contributed by atoms with E-state index in [4.69, 9.17) is 4.74 Å². The Morgan fingerprint density at radius 3 is 2.60 bits per heavy atom. The number of aliphatic hydroxyl groups is 1. The lowest BCUT2D eigenvalue weighted by Gasteiger charge is -2.44. The fraction of sp³-hybridized carbons (Fsp3) is 0.429. The number of hydrogen-bond acceptors (Lipinski definition) is 6. The molecule has 2 N–H and O–H groups in total. The predicted molar refractivity (Wildman–Crippen MR) is 142 cm³/mol. The summed E-state index contributed by atoms with van der Waals surface area (Å²) in [6, 6.07) is 19.6. The molecule has 3 aromatic rings. The number of benzene rings is 2. The van der Waals surface area contributed by atoms with Gasteiger partial charge in [0, 0.05) is 23.5 Å². The standard InChI is InChI=1S/C28H35N3O3S/c1-3-4-11-16-28(33)17-18-31(19-24(28)34-23-14-9-6-10-15-23)20-25(32)29-27-30-26(21(2)35-27)22-12-7-5-8-13-22/h5-10,12-15,24,33H,3-4,11,16-20H2,1-2H3,(H,29,30,32)/t24-,28-/m0/s1. The zero-order valence-electron chi connectivity index (χ0n) is 20.6. The molecule has 0 aliphatic carbocycles. The second kappa shape index (κ2) is 11.8. The highest BCUT2D eigenvalue weighted by Crippen LogP contribution is 2.32. The topological polar surface area (TPSA) is 74.7 Å². The van der Waals surface area contributed by atoms with Crippen molar-refractivity contribution in [2.45, 2.75) is 57.7 Å². The Kier molecular flexibility index (Phi) is 8.55. The normalized spacial score (nSPS) is 20.5. The van der Waals surface area contributed by atoms with Crippen molar-refractivity contribution in [3.05, 3.63) is 65.5 Å². The van der Waals surface area contributed by atoms with E-state index in [1.165, 1.54) is 11.3 Å². The summed E-state index contributed by atoms with van der Waals surface area (Å²) in [5.74, 6) is 0.637. The van der Waals surface area contributed by atoms with E-state index < -0.39 is 11.7 Å². The van der Waals surface area contributed by atoms with Crippen LogP contribution in [-0.4, -0.2) is 52.2 Å². The van der Waals surface area contributed by atoms with Crippen molar-refractivity contribution in [3.63, 3.8) is 0 Å². The van der Waals surface area contributed by atoms with E-state index in [-0.39, 0.29) is 12.5 Å². The van der Waals surface area contributed by atoms with Gasteiger partial charge in [0.15, 0.2) is 5.13 Å². The van der Waals surface area contributed by atoms with Crippen LogP contribution < -0.4 is 10.1 Å². The zero-order chi connectivity index (χ0) is 24.7.